The number of hydrogen-bond acceptors (Lipinski definition) is 5. The van der Waals surface area contributed by atoms with Gasteiger partial charge in [-0.15, -0.1) is 10.3 Å². The molecule has 0 amide bonds. The molecule has 0 aliphatic rings. The third-order valence-corrected chi connectivity index (χ3v) is 7.75. The zero-order valence-corrected chi connectivity index (χ0v) is 12.0. The van der Waals surface area contributed by atoms with Crippen LogP contribution >= 0.6 is 10.3 Å². The Morgan fingerprint density at radius 3 is 1.81 bits per heavy atom. The van der Waals surface area contributed by atoms with Crippen molar-refractivity contribution in [2.45, 2.75) is 20.8 Å². The first kappa shape index (κ1) is 16.2. The molecule has 0 bridgehead atoms. The summed E-state index contributed by atoms with van der Waals surface area (Å²) in [4.78, 5) is 0. The van der Waals surface area contributed by atoms with Crippen LogP contribution in [0.1, 0.15) is 20.8 Å². The quantitative estimate of drug-likeness (QED) is 0.599. The largest absolute Gasteiger partial charge is 0.409 e. The van der Waals surface area contributed by atoms with E-state index in [1.165, 1.54) is 7.11 Å². The van der Waals surface area contributed by atoms with Crippen molar-refractivity contribution in [3.8, 4) is 0 Å². The Bertz CT molecular complexity index is 263. The maximum Gasteiger partial charge on any atom is 0.409 e. The molecule has 0 spiro atoms. The van der Waals surface area contributed by atoms with E-state index in [-0.39, 0.29) is 13.2 Å². The van der Waals surface area contributed by atoms with E-state index in [9.17, 15) is 8.42 Å². The average Bonchev–Trinajstić information content (AvgIpc) is 2.26. The minimum absolute atomic E-state index is 0.00844. The minimum atomic E-state index is -3.89. The van der Waals surface area contributed by atoms with E-state index >= 15 is 0 Å². The summed E-state index contributed by atoms with van der Waals surface area (Å²) in [6.07, 6.45) is 0. The third kappa shape index (κ3) is 5.49. The van der Waals surface area contributed by atoms with Crippen molar-refractivity contribution in [1.29, 1.82) is 0 Å². The lowest BCUT2D eigenvalue weighted by Crippen LogP contribution is -2.20. The normalized spacial score (nSPS) is 14.0. The molecule has 0 radical (unpaired) electrons. The summed E-state index contributed by atoms with van der Waals surface area (Å²) in [5, 5.41) is 0. The van der Waals surface area contributed by atoms with Gasteiger partial charge in [0.05, 0.1) is 13.2 Å². The van der Waals surface area contributed by atoms with E-state index in [4.69, 9.17) is 8.37 Å². The van der Waals surface area contributed by atoms with Crippen LogP contribution in [0.15, 0.2) is 0 Å². The third-order valence-electron chi connectivity index (χ3n) is 2.32. The van der Waals surface area contributed by atoms with Crippen molar-refractivity contribution in [2.75, 3.05) is 37.6 Å². The van der Waals surface area contributed by atoms with E-state index in [0.29, 0.717) is 17.3 Å². The van der Waals surface area contributed by atoms with Gasteiger partial charge in [-0.3, -0.25) is 0 Å². The van der Waals surface area contributed by atoms with Crippen LogP contribution in [0.5, 0.6) is 0 Å². The average molecular weight is 274 g/mol. The fourth-order valence-corrected chi connectivity index (χ4v) is 5.40. The Labute approximate surface area is 100 Å². The monoisotopic (exact) mass is 274 g/mol. The second-order valence-electron chi connectivity index (χ2n) is 3.12. The highest BCUT2D eigenvalue weighted by atomic mass is 32.3. The number of rotatable bonds is 9. The number of hydrogen-bond donors (Lipinski definition) is 0. The van der Waals surface area contributed by atoms with Crippen LogP contribution in [-0.2, 0) is 22.9 Å². The molecule has 0 saturated carbocycles. The van der Waals surface area contributed by atoms with Crippen LogP contribution < -0.4 is 0 Å². The molecule has 16 heavy (non-hydrogen) atoms. The van der Waals surface area contributed by atoms with Gasteiger partial charge >= 0.3 is 10.4 Å². The molecule has 7 heteroatoms. The maximum atomic E-state index is 11.5. The van der Waals surface area contributed by atoms with Gasteiger partial charge < -0.3 is 4.74 Å². The molecule has 0 N–H and O–H groups in total. The van der Waals surface area contributed by atoms with Crippen molar-refractivity contribution < 1.29 is 21.0 Å². The Morgan fingerprint density at radius 2 is 1.44 bits per heavy atom. The molecular weight excluding hydrogens is 252 g/mol. The molecule has 0 heterocycles. The molecule has 0 aromatic heterocycles. The van der Waals surface area contributed by atoms with Crippen LogP contribution in [0.25, 0.3) is 0 Å². The molecule has 0 aromatic rings. The van der Waals surface area contributed by atoms with E-state index < -0.39 is 20.7 Å². The zero-order chi connectivity index (χ0) is 12.7. The summed E-state index contributed by atoms with van der Waals surface area (Å²) < 4.78 is 37.6. The topological polar surface area (TPSA) is 61.8 Å². The van der Waals surface area contributed by atoms with Gasteiger partial charge in [-0.05, 0) is 17.3 Å². The zero-order valence-electron chi connectivity index (χ0n) is 10.4. The lowest BCUT2D eigenvalue weighted by atomic mass is 10.8. The van der Waals surface area contributed by atoms with Gasteiger partial charge in [0, 0.05) is 7.11 Å². The van der Waals surface area contributed by atoms with E-state index in [1.807, 2.05) is 20.8 Å². The predicted molar refractivity (Wildman–Crippen MR) is 67.0 cm³/mol. The van der Waals surface area contributed by atoms with Gasteiger partial charge in [-0.25, -0.2) is 4.18 Å². The van der Waals surface area contributed by atoms with Gasteiger partial charge in [0.2, 0.25) is 0 Å². The molecule has 0 aliphatic carbocycles. The second-order valence-corrected chi connectivity index (χ2v) is 8.38. The fourth-order valence-electron chi connectivity index (χ4n) is 1.17. The molecular formula is C9H22O5S2. The molecule has 0 saturated heterocycles. The van der Waals surface area contributed by atoms with Gasteiger partial charge in [-0.2, -0.15) is 12.0 Å². The van der Waals surface area contributed by atoms with Gasteiger partial charge in [-0.1, -0.05) is 20.8 Å². The molecule has 0 rings (SSSR count). The van der Waals surface area contributed by atoms with Crippen molar-refractivity contribution in [1.82, 2.24) is 0 Å². The molecule has 0 aliphatic heterocycles. The van der Waals surface area contributed by atoms with Crippen molar-refractivity contribution in [3.05, 3.63) is 0 Å². The fraction of sp³-hybridized carbons (Fsp3) is 1.00. The highest BCUT2D eigenvalue weighted by molar-refractivity contribution is 8.32. The Morgan fingerprint density at radius 1 is 0.938 bits per heavy atom. The van der Waals surface area contributed by atoms with Gasteiger partial charge in [0.15, 0.2) is 0 Å². The molecule has 0 aromatic carbocycles. The lowest BCUT2D eigenvalue weighted by Gasteiger charge is -2.34. The SMILES string of the molecule is CCS(CC)(CC)OS(=O)(=O)OCCOC. The number of methoxy groups -OCH3 is 1. The van der Waals surface area contributed by atoms with Crippen LogP contribution in [0, 0.1) is 0 Å². The smallest absolute Gasteiger partial charge is 0.382 e. The first-order valence-electron chi connectivity index (χ1n) is 5.31. The minimum Gasteiger partial charge on any atom is -0.382 e. The molecule has 0 fully saturated rings. The maximum absolute atomic E-state index is 11.5. The molecule has 0 atom stereocenters. The van der Waals surface area contributed by atoms with Crippen LogP contribution in [-0.4, -0.2) is 46.0 Å². The Hall–Kier alpha value is 0.180. The highest BCUT2D eigenvalue weighted by Gasteiger charge is 2.27. The van der Waals surface area contributed by atoms with E-state index in [1.54, 1.807) is 0 Å². The Balaban J connectivity index is 4.42. The van der Waals surface area contributed by atoms with Crippen molar-refractivity contribution in [3.63, 3.8) is 0 Å². The van der Waals surface area contributed by atoms with Crippen LogP contribution in [0.3, 0.4) is 0 Å². The van der Waals surface area contributed by atoms with Crippen LogP contribution in [0.4, 0.5) is 0 Å². The second kappa shape index (κ2) is 7.50. The number of ether oxygens (including phenoxy) is 1. The summed E-state index contributed by atoms with van der Waals surface area (Å²) in [5.74, 6) is 2.15. The standard InChI is InChI=1S/C9H22O5S2/c1-5-15(6-2,7-3)14-16(10,11)13-9-8-12-4/h5-9H2,1-4H3. The van der Waals surface area contributed by atoms with Gasteiger partial charge in [0.25, 0.3) is 0 Å². The van der Waals surface area contributed by atoms with Crippen molar-refractivity contribution in [2.24, 2.45) is 0 Å². The lowest BCUT2D eigenvalue weighted by molar-refractivity contribution is 0.142. The summed E-state index contributed by atoms with van der Waals surface area (Å²) in [6.45, 7) is 6.04. The first-order chi connectivity index (χ1) is 7.45. The predicted octanol–water partition coefficient (Wildman–Crippen LogP) is 1.69. The summed E-state index contributed by atoms with van der Waals surface area (Å²) >= 11 is 0. The highest BCUT2D eigenvalue weighted by Crippen LogP contribution is 2.49. The van der Waals surface area contributed by atoms with E-state index in [0.717, 1.165) is 0 Å². The van der Waals surface area contributed by atoms with E-state index in [2.05, 4.69) is 4.18 Å². The molecule has 100 valence electrons. The van der Waals surface area contributed by atoms with Gasteiger partial charge in [0.1, 0.15) is 0 Å². The summed E-state index contributed by atoms with van der Waals surface area (Å²) in [5.41, 5.74) is 0. The summed E-state index contributed by atoms with van der Waals surface area (Å²) in [6, 6.07) is 0. The van der Waals surface area contributed by atoms with Crippen molar-refractivity contribution >= 4 is 20.7 Å². The summed E-state index contributed by atoms with van der Waals surface area (Å²) in [7, 11) is -3.97. The molecule has 0 unspecified atom stereocenters. The first-order valence-corrected chi connectivity index (χ1v) is 8.70. The Kier molecular flexibility index (Phi) is 7.58. The molecule has 5 nitrogen and oxygen atoms in total. The van der Waals surface area contributed by atoms with Crippen LogP contribution in [0.2, 0.25) is 0 Å².